The van der Waals surface area contributed by atoms with Gasteiger partial charge in [0.15, 0.2) is 0 Å². The van der Waals surface area contributed by atoms with Gasteiger partial charge in [-0.2, -0.15) is 4.31 Å². The molecule has 0 N–H and O–H groups in total. The van der Waals surface area contributed by atoms with Crippen molar-refractivity contribution in [2.45, 2.75) is 31.6 Å². The van der Waals surface area contributed by atoms with Crippen molar-refractivity contribution >= 4 is 22.0 Å². The van der Waals surface area contributed by atoms with Crippen LogP contribution in [-0.2, 0) is 24.3 Å². The molecule has 8 nitrogen and oxygen atoms in total. The lowest BCUT2D eigenvalue weighted by Crippen LogP contribution is -2.40. The monoisotopic (exact) mass is 475 g/mol. The Labute approximate surface area is 194 Å². The van der Waals surface area contributed by atoms with E-state index in [4.69, 9.17) is 14.2 Å². The molecule has 3 rings (SSSR count). The third-order valence-corrected chi connectivity index (χ3v) is 7.29. The summed E-state index contributed by atoms with van der Waals surface area (Å²) in [5.41, 5.74) is 1.38. The molecule has 0 amide bonds. The van der Waals surface area contributed by atoms with Crippen molar-refractivity contribution < 1.29 is 32.2 Å². The molecule has 2 aromatic carbocycles. The Balaban J connectivity index is 1.46. The Hall–Kier alpha value is -2.91. The maximum Gasteiger partial charge on any atom is 0.338 e. The predicted molar refractivity (Wildman–Crippen MR) is 122 cm³/mol. The van der Waals surface area contributed by atoms with E-state index in [9.17, 15) is 18.0 Å². The highest BCUT2D eigenvalue weighted by Gasteiger charge is 2.32. The van der Waals surface area contributed by atoms with E-state index in [1.54, 1.807) is 6.92 Å². The van der Waals surface area contributed by atoms with Gasteiger partial charge in [0, 0.05) is 13.1 Å². The summed E-state index contributed by atoms with van der Waals surface area (Å²) in [7, 11) is -3.71. The molecule has 0 atom stereocenters. The zero-order valence-electron chi connectivity index (χ0n) is 18.9. The highest BCUT2D eigenvalue weighted by molar-refractivity contribution is 7.89. The first-order chi connectivity index (χ1) is 15.8. The van der Waals surface area contributed by atoms with Crippen molar-refractivity contribution in [1.29, 1.82) is 0 Å². The fraction of sp³-hybridized carbons (Fsp3) is 0.417. The fourth-order valence-electron chi connectivity index (χ4n) is 3.58. The summed E-state index contributed by atoms with van der Waals surface area (Å²) in [5.74, 6) is -0.454. The van der Waals surface area contributed by atoms with E-state index in [1.165, 1.54) is 28.6 Å². The fourth-order valence-corrected chi connectivity index (χ4v) is 5.05. The molecule has 0 unspecified atom stereocenters. The molecule has 0 radical (unpaired) electrons. The molecular formula is C24H29NO7S. The number of nitrogens with zero attached hydrogens (tertiary/aromatic N) is 1. The number of hydrogen-bond acceptors (Lipinski definition) is 7. The Kier molecular flexibility index (Phi) is 8.46. The first-order valence-electron chi connectivity index (χ1n) is 10.9. The first-order valence-corrected chi connectivity index (χ1v) is 12.4. The number of ether oxygens (including phenoxy) is 3. The number of esters is 2. The van der Waals surface area contributed by atoms with Crippen molar-refractivity contribution in [3.63, 3.8) is 0 Å². The van der Waals surface area contributed by atoms with Gasteiger partial charge in [-0.25, -0.2) is 13.2 Å². The predicted octanol–water partition coefficient (Wildman–Crippen LogP) is 3.19. The number of piperidine rings is 1. The smallest absolute Gasteiger partial charge is 0.338 e. The van der Waals surface area contributed by atoms with Gasteiger partial charge < -0.3 is 14.2 Å². The lowest BCUT2D eigenvalue weighted by molar-refractivity contribution is -0.150. The maximum absolute atomic E-state index is 12.9. The van der Waals surface area contributed by atoms with Gasteiger partial charge in [0.2, 0.25) is 10.0 Å². The summed E-state index contributed by atoms with van der Waals surface area (Å²) in [6, 6.07) is 13.3. The topological polar surface area (TPSA) is 99.2 Å². The van der Waals surface area contributed by atoms with Gasteiger partial charge in [-0.05, 0) is 68.7 Å². The largest absolute Gasteiger partial charge is 0.490 e. The highest BCUT2D eigenvalue weighted by Crippen LogP contribution is 2.25. The van der Waals surface area contributed by atoms with Gasteiger partial charge in [-0.15, -0.1) is 0 Å². The minimum Gasteiger partial charge on any atom is -0.490 e. The lowest BCUT2D eigenvalue weighted by atomic mass is 9.98. The average molecular weight is 476 g/mol. The van der Waals surface area contributed by atoms with Crippen LogP contribution in [0.5, 0.6) is 5.75 Å². The number of sulfonamides is 1. The molecule has 0 aromatic heterocycles. The molecule has 1 fully saturated rings. The van der Waals surface area contributed by atoms with Gasteiger partial charge in [0.25, 0.3) is 0 Å². The van der Waals surface area contributed by atoms with Crippen LogP contribution in [-0.4, -0.2) is 57.6 Å². The zero-order valence-corrected chi connectivity index (χ0v) is 19.7. The summed E-state index contributed by atoms with van der Waals surface area (Å²) < 4.78 is 43.0. The van der Waals surface area contributed by atoms with Crippen LogP contribution in [0.1, 0.15) is 35.7 Å². The molecule has 178 valence electrons. The normalized spacial score (nSPS) is 15.1. The van der Waals surface area contributed by atoms with Crippen molar-refractivity contribution in [3.05, 3.63) is 59.7 Å². The third-order valence-electron chi connectivity index (χ3n) is 5.38. The van der Waals surface area contributed by atoms with E-state index >= 15 is 0 Å². The van der Waals surface area contributed by atoms with Crippen LogP contribution < -0.4 is 4.74 Å². The number of hydrogen-bond donors (Lipinski definition) is 0. The van der Waals surface area contributed by atoms with Gasteiger partial charge in [0.05, 0.1) is 23.0 Å². The van der Waals surface area contributed by atoms with E-state index < -0.39 is 16.0 Å². The summed E-state index contributed by atoms with van der Waals surface area (Å²) >= 11 is 0. The van der Waals surface area contributed by atoms with Crippen LogP contribution in [0.4, 0.5) is 0 Å². The van der Waals surface area contributed by atoms with E-state index in [0.717, 1.165) is 11.3 Å². The molecular weight excluding hydrogens is 446 g/mol. The molecule has 9 heteroatoms. The van der Waals surface area contributed by atoms with Crippen LogP contribution in [0.15, 0.2) is 53.4 Å². The number of carbonyl (C=O) groups is 2. The third kappa shape index (κ3) is 6.55. The zero-order chi connectivity index (χ0) is 23.8. The number of rotatable bonds is 9. The summed E-state index contributed by atoms with van der Waals surface area (Å²) in [5, 5.41) is 0. The number of carbonyl (C=O) groups excluding carboxylic acids is 2. The van der Waals surface area contributed by atoms with E-state index in [-0.39, 0.29) is 49.7 Å². The second kappa shape index (κ2) is 11.3. The molecule has 0 spiro atoms. The highest BCUT2D eigenvalue weighted by atomic mass is 32.2. The van der Waals surface area contributed by atoms with Crippen LogP contribution >= 0.6 is 0 Å². The molecule has 2 aromatic rings. The van der Waals surface area contributed by atoms with Crippen LogP contribution in [0.25, 0.3) is 0 Å². The van der Waals surface area contributed by atoms with Crippen LogP contribution in [0.3, 0.4) is 0 Å². The van der Waals surface area contributed by atoms with Crippen molar-refractivity contribution in [3.8, 4) is 5.75 Å². The summed E-state index contributed by atoms with van der Waals surface area (Å²) in [6.45, 7) is 4.76. The van der Waals surface area contributed by atoms with Gasteiger partial charge in [-0.3, -0.25) is 4.79 Å². The average Bonchev–Trinajstić information content (AvgIpc) is 2.82. The minimum atomic E-state index is -3.71. The Morgan fingerprint density at radius 3 is 2.33 bits per heavy atom. The Morgan fingerprint density at radius 2 is 1.70 bits per heavy atom. The van der Waals surface area contributed by atoms with E-state index in [0.29, 0.717) is 18.4 Å². The summed E-state index contributed by atoms with van der Waals surface area (Å²) in [4.78, 5) is 24.2. The standard InChI is InChI=1S/C24H29NO7S/c1-3-30-23(26)19-7-9-22(10-8-19)33(28,29)25-13-11-20(12-14-25)24(27)32-16-15-31-21-6-4-5-18(2)17-21/h4-10,17,20H,3,11-16H2,1-2H3. The number of benzene rings is 2. The molecule has 1 aliphatic heterocycles. The van der Waals surface area contributed by atoms with Crippen LogP contribution in [0, 0.1) is 12.8 Å². The van der Waals surface area contributed by atoms with Gasteiger partial charge >= 0.3 is 11.9 Å². The molecule has 33 heavy (non-hydrogen) atoms. The molecule has 0 bridgehead atoms. The molecule has 0 aliphatic carbocycles. The number of aryl methyl sites for hydroxylation is 1. The maximum atomic E-state index is 12.9. The van der Waals surface area contributed by atoms with E-state index in [2.05, 4.69) is 0 Å². The Bertz CT molecular complexity index is 1060. The quantitative estimate of drug-likeness (QED) is 0.406. The van der Waals surface area contributed by atoms with Crippen molar-refractivity contribution in [1.82, 2.24) is 4.31 Å². The summed E-state index contributed by atoms with van der Waals surface area (Å²) in [6.07, 6.45) is 0.773. The SMILES string of the molecule is CCOC(=O)c1ccc(S(=O)(=O)N2CCC(C(=O)OCCOc3cccc(C)c3)CC2)cc1. The molecule has 1 aliphatic rings. The lowest BCUT2D eigenvalue weighted by Gasteiger charge is -2.30. The molecule has 1 saturated heterocycles. The van der Waals surface area contributed by atoms with Gasteiger partial charge in [0.1, 0.15) is 19.0 Å². The first kappa shape index (κ1) is 24.7. The van der Waals surface area contributed by atoms with Crippen molar-refractivity contribution in [2.75, 3.05) is 32.9 Å². The van der Waals surface area contributed by atoms with Crippen LogP contribution in [0.2, 0.25) is 0 Å². The molecule has 0 saturated carbocycles. The second-order valence-corrected chi connectivity index (χ2v) is 9.69. The van der Waals surface area contributed by atoms with Crippen molar-refractivity contribution in [2.24, 2.45) is 5.92 Å². The Morgan fingerprint density at radius 1 is 1.00 bits per heavy atom. The minimum absolute atomic E-state index is 0.102. The molecule has 1 heterocycles. The van der Waals surface area contributed by atoms with E-state index in [1.807, 2.05) is 31.2 Å². The van der Waals surface area contributed by atoms with Gasteiger partial charge in [-0.1, -0.05) is 12.1 Å². The second-order valence-electron chi connectivity index (χ2n) is 7.76.